The second-order valence-electron chi connectivity index (χ2n) is 7.18. The van der Waals surface area contributed by atoms with Crippen LogP contribution in [0.2, 0.25) is 0 Å². The van der Waals surface area contributed by atoms with Crippen LogP contribution in [0.4, 0.5) is 9.18 Å². The maximum atomic E-state index is 13.3. The molecular formula is C20H20FN3O3S. The van der Waals surface area contributed by atoms with Gasteiger partial charge in [0.25, 0.3) is 5.91 Å². The van der Waals surface area contributed by atoms with E-state index in [9.17, 15) is 18.8 Å². The molecule has 2 heterocycles. The number of urea groups is 1. The molecule has 8 heteroatoms. The van der Waals surface area contributed by atoms with Crippen LogP contribution in [0.3, 0.4) is 0 Å². The van der Waals surface area contributed by atoms with Gasteiger partial charge in [0.2, 0.25) is 5.91 Å². The Labute approximate surface area is 165 Å². The Hall–Kier alpha value is -2.74. The van der Waals surface area contributed by atoms with Crippen LogP contribution in [0.15, 0.2) is 41.8 Å². The van der Waals surface area contributed by atoms with Crippen molar-refractivity contribution in [3.63, 3.8) is 0 Å². The Morgan fingerprint density at radius 3 is 2.57 bits per heavy atom. The Balaban J connectivity index is 1.50. The average Bonchev–Trinajstić information content (AvgIpc) is 3.40. The van der Waals surface area contributed by atoms with Crippen molar-refractivity contribution >= 4 is 29.2 Å². The smallest absolute Gasteiger partial charge is 0.325 e. The fraction of sp³-hybridized carbons (Fsp3) is 0.350. The molecule has 1 saturated heterocycles. The van der Waals surface area contributed by atoms with Gasteiger partial charge in [-0.05, 0) is 42.0 Å². The predicted molar refractivity (Wildman–Crippen MR) is 102 cm³/mol. The molecule has 0 bridgehead atoms. The summed E-state index contributed by atoms with van der Waals surface area (Å²) in [7, 11) is 0. The molecule has 1 aromatic carbocycles. The Morgan fingerprint density at radius 1 is 1.21 bits per heavy atom. The zero-order valence-corrected chi connectivity index (χ0v) is 15.9. The summed E-state index contributed by atoms with van der Waals surface area (Å²) < 4.78 is 13.3. The molecule has 2 aromatic rings. The first-order valence-electron chi connectivity index (χ1n) is 9.21. The molecular weight excluding hydrogens is 381 g/mol. The molecule has 1 aliphatic heterocycles. The Morgan fingerprint density at radius 2 is 1.93 bits per heavy atom. The second-order valence-corrected chi connectivity index (χ2v) is 8.16. The summed E-state index contributed by atoms with van der Waals surface area (Å²) in [4.78, 5) is 39.6. The lowest BCUT2D eigenvalue weighted by atomic mass is 9.98. The van der Waals surface area contributed by atoms with Crippen LogP contribution >= 0.6 is 11.3 Å². The molecule has 2 aliphatic rings. The van der Waals surface area contributed by atoms with Gasteiger partial charge in [0.15, 0.2) is 0 Å². The highest BCUT2D eigenvalue weighted by molar-refractivity contribution is 7.10. The molecule has 4 amide bonds. The molecule has 28 heavy (non-hydrogen) atoms. The van der Waals surface area contributed by atoms with Crippen molar-refractivity contribution < 1.29 is 18.8 Å². The monoisotopic (exact) mass is 401 g/mol. The van der Waals surface area contributed by atoms with Gasteiger partial charge in [0, 0.05) is 4.88 Å². The molecule has 1 aliphatic carbocycles. The number of carbonyl (C=O) groups is 3. The zero-order chi connectivity index (χ0) is 19.7. The lowest BCUT2D eigenvalue weighted by molar-refractivity contribution is -0.135. The minimum absolute atomic E-state index is 0.320. The van der Waals surface area contributed by atoms with Gasteiger partial charge >= 0.3 is 6.03 Å². The van der Waals surface area contributed by atoms with Gasteiger partial charge in [0.05, 0.1) is 6.04 Å². The van der Waals surface area contributed by atoms with Gasteiger partial charge in [-0.2, -0.15) is 0 Å². The van der Waals surface area contributed by atoms with Gasteiger partial charge in [-0.3, -0.25) is 14.5 Å². The molecule has 1 aromatic heterocycles. The number of nitrogens with one attached hydrogen (secondary N) is 2. The number of rotatable bonds is 5. The van der Waals surface area contributed by atoms with E-state index >= 15 is 0 Å². The summed E-state index contributed by atoms with van der Waals surface area (Å²) in [5.74, 6) is -1.12. The van der Waals surface area contributed by atoms with Crippen LogP contribution in [0.1, 0.15) is 42.2 Å². The zero-order valence-electron chi connectivity index (χ0n) is 15.1. The predicted octanol–water partition coefficient (Wildman–Crippen LogP) is 2.96. The molecule has 1 spiro atoms. The lowest BCUT2D eigenvalue weighted by Crippen LogP contribution is -2.45. The third-order valence-corrected chi connectivity index (χ3v) is 6.28. The maximum absolute atomic E-state index is 13.3. The van der Waals surface area contributed by atoms with Crippen molar-refractivity contribution in [2.45, 2.75) is 37.3 Å². The number of imide groups is 1. The first kappa shape index (κ1) is 18.6. The molecule has 6 nitrogen and oxygen atoms in total. The van der Waals surface area contributed by atoms with Gasteiger partial charge in [-0.1, -0.05) is 31.0 Å². The number of hydrogen-bond acceptors (Lipinski definition) is 4. The fourth-order valence-corrected chi connectivity index (χ4v) is 4.72. The van der Waals surface area contributed by atoms with Crippen molar-refractivity contribution in [1.29, 1.82) is 0 Å². The standard InChI is InChI=1S/C20H20FN3O3S/c21-14-7-5-13(6-8-14)17(15-4-3-11-28-15)22-16(25)12-24-18(26)20(23-19(24)27)9-1-2-10-20/h3-8,11,17H,1-2,9-10,12H2,(H,22,25)(H,23,27)/t17-/m1/s1. The summed E-state index contributed by atoms with van der Waals surface area (Å²) in [6.45, 7) is -0.338. The summed E-state index contributed by atoms with van der Waals surface area (Å²) in [6.07, 6.45) is 3.00. The molecule has 2 fully saturated rings. The SMILES string of the molecule is O=C(CN1C(=O)NC2(CCCC2)C1=O)N[C@H](c1ccc(F)cc1)c1cccs1. The number of amides is 4. The number of thiophene rings is 1. The van der Waals surface area contributed by atoms with Crippen LogP contribution < -0.4 is 10.6 Å². The van der Waals surface area contributed by atoms with E-state index in [0.29, 0.717) is 12.8 Å². The van der Waals surface area contributed by atoms with Crippen molar-refractivity contribution in [2.24, 2.45) is 0 Å². The Bertz CT molecular complexity index is 892. The fourth-order valence-electron chi connectivity index (χ4n) is 3.92. The number of carbonyl (C=O) groups excluding carboxylic acids is 3. The second kappa shape index (κ2) is 7.35. The number of hydrogen-bond donors (Lipinski definition) is 2. The van der Waals surface area contributed by atoms with E-state index in [1.54, 1.807) is 12.1 Å². The molecule has 1 atom stereocenters. The number of nitrogens with zero attached hydrogens (tertiary/aromatic N) is 1. The molecule has 0 radical (unpaired) electrons. The summed E-state index contributed by atoms with van der Waals surface area (Å²) in [5, 5.41) is 7.54. The van der Waals surface area contributed by atoms with E-state index in [-0.39, 0.29) is 18.3 Å². The van der Waals surface area contributed by atoms with Crippen LogP contribution in [-0.2, 0) is 9.59 Å². The third kappa shape index (κ3) is 3.40. The quantitative estimate of drug-likeness (QED) is 0.756. The minimum Gasteiger partial charge on any atom is -0.343 e. The van der Waals surface area contributed by atoms with Crippen molar-refractivity contribution in [3.8, 4) is 0 Å². The number of benzene rings is 1. The van der Waals surface area contributed by atoms with Gasteiger partial charge < -0.3 is 10.6 Å². The highest BCUT2D eigenvalue weighted by Gasteiger charge is 2.52. The van der Waals surface area contributed by atoms with Gasteiger partial charge in [-0.25, -0.2) is 9.18 Å². The molecule has 146 valence electrons. The minimum atomic E-state index is -0.832. The van der Waals surface area contributed by atoms with E-state index < -0.39 is 23.5 Å². The van der Waals surface area contributed by atoms with Crippen molar-refractivity contribution in [2.75, 3.05) is 6.54 Å². The van der Waals surface area contributed by atoms with Gasteiger partial charge in [-0.15, -0.1) is 11.3 Å². The Kier molecular flexibility index (Phi) is 4.89. The summed E-state index contributed by atoms with van der Waals surface area (Å²) in [5.41, 5.74) is -0.108. The highest BCUT2D eigenvalue weighted by Crippen LogP contribution is 2.35. The van der Waals surface area contributed by atoms with Crippen LogP contribution in [0.5, 0.6) is 0 Å². The van der Waals surface area contributed by atoms with E-state index in [4.69, 9.17) is 0 Å². The first-order valence-corrected chi connectivity index (χ1v) is 10.1. The summed E-state index contributed by atoms with van der Waals surface area (Å²) in [6, 6.07) is 8.64. The largest absolute Gasteiger partial charge is 0.343 e. The molecule has 2 N–H and O–H groups in total. The summed E-state index contributed by atoms with van der Waals surface area (Å²) >= 11 is 1.46. The van der Waals surface area contributed by atoms with E-state index in [1.165, 1.54) is 23.5 Å². The van der Waals surface area contributed by atoms with E-state index in [2.05, 4.69) is 10.6 Å². The number of halogens is 1. The maximum Gasteiger partial charge on any atom is 0.325 e. The molecule has 1 saturated carbocycles. The van der Waals surface area contributed by atoms with E-state index in [1.807, 2.05) is 17.5 Å². The van der Waals surface area contributed by atoms with Gasteiger partial charge in [0.1, 0.15) is 17.9 Å². The van der Waals surface area contributed by atoms with Crippen molar-refractivity contribution in [1.82, 2.24) is 15.5 Å². The lowest BCUT2D eigenvalue weighted by Gasteiger charge is -2.21. The van der Waals surface area contributed by atoms with Crippen LogP contribution in [0.25, 0.3) is 0 Å². The molecule has 4 rings (SSSR count). The first-order chi connectivity index (χ1) is 13.5. The average molecular weight is 401 g/mol. The van der Waals surface area contributed by atoms with Crippen LogP contribution in [0, 0.1) is 5.82 Å². The molecule has 0 unspecified atom stereocenters. The topological polar surface area (TPSA) is 78.5 Å². The highest BCUT2D eigenvalue weighted by atomic mass is 32.1. The van der Waals surface area contributed by atoms with E-state index in [0.717, 1.165) is 28.2 Å². The normalized spacial score (nSPS) is 19.1. The third-order valence-electron chi connectivity index (χ3n) is 5.34. The van der Waals surface area contributed by atoms with Crippen LogP contribution in [-0.4, -0.2) is 34.8 Å². The van der Waals surface area contributed by atoms with Crippen molar-refractivity contribution in [3.05, 3.63) is 58.0 Å².